The summed E-state index contributed by atoms with van der Waals surface area (Å²) in [5, 5.41) is 6.84. The summed E-state index contributed by atoms with van der Waals surface area (Å²) in [6, 6.07) is 15.1. The smallest absolute Gasteiger partial charge is 0.254 e. The first-order chi connectivity index (χ1) is 14.1. The van der Waals surface area contributed by atoms with Gasteiger partial charge in [-0.2, -0.15) is 0 Å². The van der Waals surface area contributed by atoms with E-state index in [-0.39, 0.29) is 11.9 Å². The number of ether oxygens (including phenoxy) is 1. The summed E-state index contributed by atoms with van der Waals surface area (Å²) in [5.74, 6) is 0.967. The van der Waals surface area contributed by atoms with Gasteiger partial charge in [-0.25, -0.2) is 0 Å². The van der Waals surface area contributed by atoms with Crippen molar-refractivity contribution < 1.29 is 9.53 Å². The van der Waals surface area contributed by atoms with Gasteiger partial charge in [0, 0.05) is 36.3 Å². The predicted molar refractivity (Wildman–Crippen MR) is 115 cm³/mol. The zero-order valence-electron chi connectivity index (χ0n) is 17.4. The maximum Gasteiger partial charge on any atom is 0.254 e. The van der Waals surface area contributed by atoms with Gasteiger partial charge >= 0.3 is 0 Å². The molecule has 2 aromatic rings. The van der Waals surface area contributed by atoms with Crippen LogP contribution in [0.15, 0.2) is 42.5 Å². The molecule has 2 N–H and O–H groups in total. The third-order valence-corrected chi connectivity index (χ3v) is 5.80. The van der Waals surface area contributed by atoms with Gasteiger partial charge < -0.3 is 20.3 Å². The highest BCUT2D eigenvalue weighted by Crippen LogP contribution is 2.33. The number of hydrogen-bond donors (Lipinski definition) is 2. The molecule has 1 fully saturated rings. The van der Waals surface area contributed by atoms with E-state index in [0.717, 1.165) is 54.9 Å². The molecule has 2 aliphatic rings. The Balaban J connectivity index is 1.40. The highest BCUT2D eigenvalue weighted by atomic mass is 16.5. The van der Waals surface area contributed by atoms with Crippen LogP contribution in [0.2, 0.25) is 0 Å². The molecule has 0 aromatic heterocycles. The van der Waals surface area contributed by atoms with E-state index in [1.54, 1.807) is 0 Å². The quantitative estimate of drug-likeness (QED) is 0.756. The average molecular weight is 394 g/mol. The normalized spacial score (nSPS) is 18.9. The first-order valence-corrected chi connectivity index (χ1v) is 10.7. The van der Waals surface area contributed by atoms with Crippen LogP contribution in [0.4, 0.5) is 0 Å². The van der Waals surface area contributed by atoms with Crippen LogP contribution in [0.1, 0.15) is 53.7 Å². The van der Waals surface area contributed by atoms with E-state index in [0.29, 0.717) is 19.2 Å². The molecule has 5 heteroatoms. The first kappa shape index (κ1) is 19.9. The third kappa shape index (κ3) is 4.62. The standard InChI is InChI=1S/C24H31N3O2/c1-17(2)26-13-18-8-10-19(11-9-18)16-29-23-7-3-6-21-22(23)15-27(24(21)28)20-5-4-12-25-14-20/h3,6-11,17,20,25-26H,4-5,12-16H2,1-2H3. The first-order valence-electron chi connectivity index (χ1n) is 10.7. The Morgan fingerprint density at radius 2 is 1.97 bits per heavy atom. The van der Waals surface area contributed by atoms with Crippen molar-refractivity contribution in [3.63, 3.8) is 0 Å². The lowest BCUT2D eigenvalue weighted by atomic mass is 10.1. The number of rotatable bonds is 7. The van der Waals surface area contributed by atoms with Gasteiger partial charge in [0.05, 0.1) is 6.54 Å². The lowest BCUT2D eigenvalue weighted by Crippen LogP contribution is -2.46. The van der Waals surface area contributed by atoms with Crippen LogP contribution >= 0.6 is 0 Å². The number of amides is 1. The molecule has 29 heavy (non-hydrogen) atoms. The number of hydrogen-bond acceptors (Lipinski definition) is 4. The molecular weight excluding hydrogens is 362 g/mol. The molecule has 4 rings (SSSR count). The second-order valence-corrected chi connectivity index (χ2v) is 8.36. The molecule has 1 saturated heterocycles. The van der Waals surface area contributed by atoms with Crippen molar-refractivity contribution in [1.29, 1.82) is 0 Å². The van der Waals surface area contributed by atoms with E-state index in [4.69, 9.17) is 4.74 Å². The molecule has 1 amide bonds. The van der Waals surface area contributed by atoms with Gasteiger partial charge in [0.2, 0.25) is 0 Å². The summed E-state index contributed by atoms with van der Waals surface area (Å²) < 4.78 is 6.15. The van der Waals surface area contributed by atoms with Crippen molar-refractivity contribution in [3.05, 3.63) is 64.7 Å². The average Bonchev–Trinajstić information content (AvgIpc) is 3.09. The van der Waals surface area contributed by atoms with Crippen LogP contribution < -0.4 is 15.4 Å². The van der Waals surface area contributed by atoms with E-state index in [9.17, 15) is 4.79 Å². The van der Waals surface area contributed by atoms with Crippen molar-refractivity contribution in [2.75, 3.05) is 13.1 Å². The van der Waals surface area contributed by atoms with Crippen molar-refractivity contribution in [2.45, 2.75) is 58.5 Å². The minimum Gasteiger partial charge on any atom is -0.489 e. The summed E-state index contributed by atoms with van der Waals surface area (Å²) >= 11 is 0. The third-order valence-electron chi connectivity index (χ3n) is 5.80. The van der Waals surface area contributed by atoms with E-state index in [2.05, 4.69) is 48.7 Å². The van der Waals surface area contributed by atoms with Crippen molar-refractivity contribution in [3.8, 4) is 5.75 Å². The number of carbonyl (C=O) groups excluding carboxylic acids is 1. The highest BCUT2D eigenvalue weighted by molar-refractivity contribution is 5.99. The fourth-order valence-electron chi connectivity index (χ4n) is 4.09. The Morgan fingerprint density at radius 3 is 2.69 bits per heavy atom. The molecule has 0 aliphatic carbocycles. The van der Waals surface area contributed by atoms with Crippen LogP contribution in [-0.2, 0) is 19.7 Å². The summed E-state index contributed by atoms with van der Waals surface area (Å²) in [5.41, 5.74) is 4.22. The van der Waals surface area contributed by atoms with Gasteiger partial charge in [-0.3, -0.25) is 4.79 Å². The lowest BCUT2D eigenvalue weighted by molar-refractivity contribution is 0.0674. The summed E-state index contributed by atoms with van der Waals surface area (Å²) in [6.07, 6.45) is 2.19. The number of nitrogens with one attached hydrogen (secondary N) is 2. The summed E-state index contributed by atoms with van der Waals surface area (Å²) in [6.45, 7) is 8.26. The SMILES string of the molecule is CC(C)NCc1ccc(COc2cccc3c2CN(C2CCCNC2)C3=O)cc1. The molecule has 5 nitrogen and oxygen atoms in total. The second-order valence-electron chi connectivity index (χ2n) is 8.36. The molecule has 1 atom stereocenters. The van der Waals surface area contributed by atoms with Gasteiger partial charge in [-0.15, -0.1) is 0 Å². The lowest BCUT2D eigenvalue weighted by Gasteiger charge is -2.31. The topological polar surface area (TPSA) is 53.6 Å². The van der Waals surface area contributed by atoms with Gasteiger partial charge in [-0.1, -0.05) is 44.2 Å². The molecule has 0 spiro atoms. The largest absolute Gasteiger partial charge is 0.489 e. The Bertz CT molecular complexity index is 842. The number of carbonyl (C=O) groups is 1. The Kier molecular flexibility index (Phi) is 6.16. The summed E-state index contributed by atoms with van der Waals surface area (Å²) in [4.78, 5) is 14.9. The molecule has 2 heterocycles. The molecule has 0 bridgehead atoms. The monoisotopic (exact) mass is 393 g/mol. The van der Waals surface area contributed by atoms with Crippen molar-refractivity contribution >= 4 is 5.91 Å². The minimum absolute atomic E-state index is 0.140. The molecule has 2 aromatic carbocycles. The number of piperidine rings is 1. The van der Waals surface area contributed by atoms with Crippen LogP contribution in [0.25, 0.3) is 0 Å². The number of benzene rings is 2. The van der Waals surface area contributed by atoms with Gasteiger partial charge in [-0.05, 0) is 42.6 Å². The highest BCUT2D eigenvalue weighted by Gasteiger charge is 2.34. The Hall–Kier alpha value is -2.37. The van der Waals surface area contributed by atoms with Crippen LogP contribution in [0.3, 0.4) is 0 Å². The Morgan fingerprint density at radius 1 is 1.17 bits per heavy atom. The van der Waals surface area contributed by atoms with E-state index in [1.807, 2.05) is 23.1 Å². The predicted octanol–water partition coefficient (Wildman–Crippen LogP) is 3.47. The fourth-order valence-corrected chi connectivity index (χ4v) is 4.09. The van der Waals surface area contributed by atoms with Crippen LogP contribution in [-0.4, -0.2) is 36.0 Å². The van der Waals surface area contributed by atoms with E-state index < -0.39 is 0 Å². The zero-order chi connectivity index (χ0) is 20.2. The van der Waals surface area contributed by atoms with E-state index in [1.165, 1.54) is 5.56 Å². The van der Waals surface area contributed by atoms with E-state index >= 15 is 0 Å². The van der Waals surface area contributed by atoms with Crippen molar-refractivity contribution in [2.24, 2.45) is 0 Å². The van der Waals surface area contributed by atoms with Gasteiger partial charge in [0.1, 0.15) is 12.4 Å². The maximum absolute atomic E-state index is 12.9. The Labute approximate surface area is 173 Å². The molecule has 0 saturated carbocycles. The van der Waals surface area contributed by atoms with Crippen LogP contribution in [0, 0.1) is 0 Å². The zero-order valence-corrected chi connectivity index (χ0v) is 17.4. The fraction of sp³-hybridized carbons (Fsp3) is 0.458. The van der Waals surface area contributed by atoms with Gasteiger partial charge in [0.25, 0.3) is 5.91 Å². The minimum atomic E-state index is 0.140. The maximum atomic E-state index is 12.9. The molecular formula is C24H31N3O2. The molecule has 1 unspecified atom stereocenters. The van der Waals surface area contributed by atoms with Gasteiger partial charge in [0.15, 0.2) is 0 Å². The van der Waals surface area contributed by atoms with Crippen molar-refractivity contribution in [1.82, 2.24) is 15.5 Å². The van der Waals surface area contributed by atoms with Crippen LogP contribution in [0.5, 0.6) is 5.75 Å². The number of nitrogens with zero attached hydrogens (tertiary/aromatic N) is 1. The second kappa shape index (κ2) is 8.97. The number of fused-ring (bicyclic) bond motifs is 1. The molecule has 0 radical (unpaired) electrons. The molecule has 2 aliphatic heterocycles. The molecule has 154 valence electrons. The summed E-state index contributed by atoms with van der Waals surface area (Å²) in [7, 11) is 0.